The van der Waals surface area contributed by atoms with E-state index in [-0.39, 0.29) is 12.1 Å². The highest BCUT2D eigenvalue weighted by Crippen LogP contribution is 2.29. The van der Waals surface area contributed by atoms with Crippen molar-refractivity contribution in [2.45, 2.75) is 4.58 Å². The number of nitrogens with zero attached hydrogens (tertiary/aromatic N) is 1. The standard InChI is InChI=1S/C13H11F2NO3S4/c14-8-2-1-3-9(15)12(8)10-7-21-13(22-10)16-4-5-20-11(6-16)23(17,18)19/h1-3,7,11H,4-6H2. The van der Waals surface area contributed by atoms with Gasteiger partial charge in [-0.2, -0.15) is 0 Å². The number of thioether (sulfide) groups is 1. The maximum atomic E-state index is 13.8. The summed E-state index contributed by atoms with van der Waals surface area (Å²) < 4.78 is 62.7. The summed E-state index contributed by atoms with van der Waals surface area (Å²) >= 11 is 3.60. The Hall–Kier alpha value is -0.810. The summed E-state index contributed by atoms with van der Waals surface area (Å²) in [6, 6.07) is 3.69. The van der Waals surface area contributed by atoms with Crippen LogP contribution in [0.1, 0.15) is 0 Å². The summed E-state index contributed by atoms with van der Waals surface area (Å²) in [7, 11) is -4.37. The second-order valence-corrected chi connectivity index (χ2v) is 10.1. The molecule has 2 heterocycles. The maximum Gasteiger partial charge on any atom is 0.314 e. The van der Waals surface area contributed by atoms with Crippen molar-refractivity contribution in [3.63, 3.8) is 0 Å². The van der Waals surface area contributed by atoms with Gasteiger partial charge in [0.1, 0.15) is 21.8 Å². The van der Waals surface area contributed by atoms with Crippen molar-refractivity contribution >= 4 is 44.6 Å². The number of halogens is 2. The average Bonchev–Trinajstić information content (AvgIpc) is 2.96. The van der Waals surface area contributed by atoms with Gasteiger partial charge in [-0.05, 0) is 12.1 Å². The molecule has 0 bridgehead atoms. The normalized spacial score (nSPS) is 21.4. The van der Waals surface area contributed by atoms with Gasteiger partial charge in [0.15, 0.2) is 17.7 Å². The van der Waals surface area contributed by atoms with E-state index in [1.807, 2.05) is 0 Å². The molecule has 0 N–H and O–H groups in total. The summed E-state index contributed by atoms with van der Waals surface area (Å²) in [6.45, 7) is 0.680. The fraction of sp³-hybridized carbons (Fsp3) is 0.308. The SMILES string of the molecule is O=S(=O)([O-])C1C[N+](=c2scc(-c3c(F)cccc3F)s2)CCS1. The lowest BCUT2D eigenvalue weighted by atomic mass is 10.2. The van der Waals surface area contributed by atoms with Crippen LogP contribution in [0.4, 0.5) is 8.78 Å². The van der Waals surface area contributed by atoms with E-state index in [0.29, 0.717) is 17.2 Å². The molecule has 0 saturated carbocycles. The highest BCUT2D eigenvalue weighted by Gasteiger charge is 2.29. The Morgan fingerprint density at radius 3 is 2.61 bits per heavy atom. The first-order valence-electron chi connectivity index (χ1n) is 6.53. The fourth-order valence-corrected chi connectivity index (χ4v) is 6.74. The summed E-state index contributed by atoms with van der Waals surface area (Å²) in [5, 5.41) is 1.64. The molecular weight excluding hydrogens is 384 g/mol. The third-order valence-corrected chi connectivity index (χ3v) is 8.61. The molecule has 10 heteroatoms. The van der Waals surface area contributed by atoms with Gasteiger partial charge in [0.05, 0.1) is 16.2 Å². The average molecular weight is 395 g/mol. The Morgan fingerprint density at radius 2 is 1.96 bits per heavy atom. The fourth-order valence-electron chi connectivity index (χ4n) is 2.19. The van der Waals surface area contributed by atoms with Crippen LogP contribution in [-0.2, 0) is 10.1 Å². The molecule has 4 nitrogen and oxygen atoms in total. The second-order valence-electron chi connectivity index (χ2n) is 4.80. The van der Waals surface area contributed by atoms with Crippen molar-refractivity contribution in [2.24, 2.45) is 0 Å². The van der Waals surface area contributed by atoms with E-state index in [4.69, 9.17) is 0 Å². The van der Waals surface area contributed by atoms with Crippen molar-refractivity contribution in [1.82, 2.24) is 4.58 Å². The van der Waals surface area contributed by atoms with Crippen molar-refractivity contribution < 1.29 is 21.8 Å². The highest BCUT2D eigenvalue weighted by atomic mass is 32.3. The predicted molar refractivity (Wildman–Crippen MR) is 88.5 cm³/mol. The number of rotatable bonds is 2. The second kappa shape index (κ2) is 6.60. The molecule has 23 heavy (non-hydrogen) atoms. The van der Waals surface area contributed by atoms with E-state index in [2.05, 4.69) is 0 Å². The van der Waals surface area contributed by atoms with Gasteiger partial charge in [-0.15, -0.1) is 11.8 Å². The van der Waals surface area contributed by atoms with Crippen LogP contribution in [0.2, 0.25) is 0 Å². The molecule has 124 valence electrons. The molecular formula is C13H11F2NO3S4. The van der Waals surface area contributed by atoms with Gasteiger partial charge in [-0.1, -0.05) is 28.7 Å². The highest BCUT2D eigenvalue weighted by molar-refractivity contribution is 8.11. The molecule has 1 atom stereocenters. The molecule has 0 radical (unpaired) electrons. The molecule has 1 aromatic carbocycles. The zero-order valence-electron chi connectivity index (χ0n) is 11.6. The van der Waals surface area contributed by atoms with Gasteiger partial charge in [0, 0.05) is 5.38 Å². The van der Waals surface area contributed by atoms with Crippen LogP contribution in [0, 0.1) is 11.6 Å². The van der Waals surface area contributed by atoms with Crippen molar-refractivity contribution in [3.05, 3.63) is 39.2 Å². The molecule has 1 fully saturated rings. The van der Waals surface area contributed by atoms with Crippen LogP contribution < -0.4 is 8.56 Å². The third-order valence-electron chi connectivity index (χ3n) is 3.29. The third kappa shape index (κ3) is 3.66. The molecule has 0 spiro atoms. The number of benzene rings is 1. The monoisotopic (exact) mass is 395 g/mol. The molecule has 0 aliphatic carbocycles. The molecule has 1 saturated heterocycles. The zero-order chi connectivity index (χ0) is 16.6. The van der Waals surface area contributed by atoms with Gasteiger partial charge < -0.3 is 4.55 Å². The maximum absolute atomic E-state index is 13.8. The largest absolute Gasteiger partial charge is 0.747 e. The minimum absolute atomic E-state index is 0.0839. The summed E-state index contributed by atoms with van der Waals surface area (Å²) in [6.07, 6.45) is 0. The van der Waals surface area contributed by atoms with Crippen molar-refractivity contribution in [3.8, 4) is 10.4 Å². The first kappa shape index (κ1) is 17.0. The molecule has 1 unspecified atom stereocenters. The Morgan fingerprint density at radius 1 is 1.26 bits per heavy atom. The Bertz CT molecular complexity index is 884. The van der Waals surface area contributed by atoms with Gasteiger partial charge in [-0.25, -0.2) is 21.8 Å². The minimum Gasteiger partial charge on any atom is -0.747 e. The van der Waals surface area contributed by atoms with Gasteiger partial charge in [0.25, 0.3) is 0 Å². The molecule has 0 amide bonds. The number of hydrogen-bond donors (Lipinski definition) is 0. The summed E-state index contributed by atoms with van der Waals surface area (Å²) in [4.78, 5) is 0.445. The lowest BCUT2D eigenvalue weighted by molar-refractivity contribution is 0.453. The van der Waals surface area contributed by atoms with Crippen molar-refractivity contribution in [1.29, 1.82) is 0 Å². The van der Waals surface area contributed by atoms with E-state index in [0.717, 1.165) is 15.7 Å². The topological polar surface area (TPSA) is 60.2 Å². The lowest BCUT2D eigenvalue weighted by Crippen LogP contribution is -2.42. The molecule has 2 aromatic rings. The van der Waals surface area contributed by atoms with Crippen LogP contribution in [-0.4, -0.2) is 36.4 Å². The zero-order valence-corrected chi connectivity index (χ0v) is 14.8. The summed E-state index contributed by atoms with van der Waals surface area (Å²) in [5.41, 5.74) is -0.0839. The minimum atomic E-state index is -4.37. The molecule has 1 aliphatic heterocycles. The van der Waals surface area contributed by atoms with E-state index in [9.17, 15) is 21.8 Å². The van der Waals surface area contributed by atoms with Crippen LogP contribution in [0.25, 0.3) is 10.4 Å². The van der Waals surface area contributed by atoms with E-state index in [1.54, 1.807) is 9.96 Å². The number of hydrogen-bond acceptors (Lipinski definition) is 6. The van der Waals surface area contributed by atoms with Crippen LogP contribution in [0.5, 0.6) is 0 Å². The molecule has 1 aromatic heterocycles. The van der Waals surface area contributed by atoms with E-state index < -0.39 is 26.3 Å². The Balaban J connectivity index is 2.01. The quantitative estimate of drug-likeness (QED) is 0.578. The summed E-state index contributed by atoms with van der Waals surface area (Å²) in [5.74, 6) is -0.764. The Kier molecular flexibility index (Phi) is 4.88. The smallest absolute Gasteiger partial charge is 0.314 e. The Labute approximate surface area is 143 Å². The van der Waals surface area contributed by atoms with Crippen LogP contribution in [0.3, 0.4) is 0 Å². The molecule has 1 aliphatic rings. The van der Waals surface area contributed by atoms with Gasteiger partial charge in [0.2, 0.25) is 0 Å². The van der Waals surface area contributed by atoms with E-state index >= 15 is 0 Å². The van der Waals surface area contributed by atoms with Crippen LogP contribution >= 0.6 is 34.4 Å². The molecule has 3 rings (SSSR count). The van der Waals surface area contributed by atoms with E-state index in [1.165, 1.54) is 40.9 Å². The first-order valence-corrected chi connectivity index (χ1v) is 10.7. The van der Waals surface area contributed by atoms with Gasteiger partial charge >= 0.3 is 3.98 Å². The van der Waals surface area contributed by atoms with Crippen LogP contribution in [0.15, 0.2) is 23.6 Å². The lowest BCUT2D eigenvalue weighted by Gasteiger charge is -2.21. The predicted octanol–water partition coefficient (Wildman–Crippen LogP) is 2.15. The first-order chi connectivity index (χ1) is 10.9. The van der Waals surface area contributed by atoms with Crippen molar-refractivity contribution in [2.75, 3.05) is 18.8 Å². The van der Waals surface area contributed by atoms with Gasteiger partial charge in [-0.3, -0.25) is 0 Å².